The van der Waals surface area contributed by atoms with Crippen molar-refractivity contribution >= 4 is 5.91 Å². The third-order valence-electron chi connectivity index (χ3n) is 1.97. The van der Waals surface area contributed by atoms with Gasteiger partial charge in [-0.15, -0.1) is 0 Å². The van der Waals surface area contributed by atoms with Crippen LogP contribution in [0.2, 0.25) is 0 Å². The Morgan fingerprint density at radius 3 is 2.27 bits per heavy atom. The Labute approximate surface area is 84.5 Å². The predicted octanol–water partition coefficient (Wildman–Crippen LogP) is 1.16. The van der Waals surface area contributed by atoms with Gasteiger partial charge in [0.1, 0.15) is 0 Å². The van der Waals surface area contributed by atoms with Crippen LogP contribution in [0.4, 0.5) is 17.6 Å². The van der Waals surface area contributed by atoms with Gasteiger partial charge in [0.25, 0.3) is 5.91 Å². The van der Waals surface area contributed by atoms with E-state index in [1.807, 2.05) is 0 Å². The lowest BCUT2D eigenvalue weighted by atomic mass is 10.0. The van der Waals surface area contributed by atoms with Gasteiger partial charge in [-0.05, 0) is 13.3 Å². The molecule has 0 radical (unpaired) electrons. The minimum absolute atomic E-state index is 0.202. The van der Waals surface area contributed by atoms with E-state index >= 15 is 0 Å². The molecule has 2 N–H and O–H groups in total. The average Bonchev–Trinajstić information content (AvgIpc) is 2.14. The van der Waals surface area contributed by atoms with Crippen molar-refractivity contribution in [3.8, 4) is 0 Å². The van der Waals surface area contributed by atoms with Gasteiger partial charge in [-0.25, -0.2) is 8.78 Å². The van der Waals surface area contributed by atoms with E-state index < -0.39 is 30.4 Å². The molecule has 0 rings (SSSR count). The summed E-state index contributed by atoms with van der Waals surface area (Å²) in [6.45, 7) is 2.37. The van der Waals surface area contributed by atoms with Crippen molar-refractivity contribution < 1.29 is 27.5 Å². The van der Waals surface area contributed by atoms with Crippen LogP contribution in [0.3, 0.4) is 0 Å². The highest BCUT2D eigenvalue weighted by Gasteiger charge is 2.49. The van der Waals surface area contributed by atoms with Crippen molar-refractivity contribution in [2.24, 2.45) is 0 Å². The number of rotatable bonds is 5. The minimum Gasteiger partial charge on any atom is -0.388 e. The lowest BCUT2D eigenvalue weighted by Gasteiger charge is -2.23. The SMILES string of the molecule is CCC(C)(O)CNC(=O)C(F)(F)C(F)F. The summed E-state index contributed by atoms with van der Waals surface area (Å²) < 4.78 is 48.1. The number of hydrogen-bond acceptors (Lipinski definition) is 2. The summed E-state index contributed by atoms with van der Waals surface area (Å²) in [4.78, 5) is 10.6. The van der Waals surface area contributed by atoms with Crippen LogP contribution in [0.5, 0.6) is 0 Å². The van der Waals surface area contributed by atoms with Crippen molar-refractivity contribution in [2.75, 3.05) is 6.54 Å². The largest absolute Gasteiger partial charge is 0.388 e. The Morgan fingerprint density at radius 2 is 1.93 bits per heavy atom. The first-order valence-electron chi connectivity index (χ1n) is 4.30. The number of nitrogens with one attached hydrogen (secondary N) is 1. The van der Waals surface area contributed by atoms with Gasteiger partial charge in [0.15, 0.2) is 0 Å². The molecule has 1 unspecified atom stereocenters. The van der Waals surface area contributed by atoms with E-state index in [0.29, 0.717) is 0 Å². The van der Waals surface area contributed by atoms with Crippen LogP contribution in [0.25, 0.3) is 0 Å². The van der Waals surface area contributed by atoms with E-state index in [4.69, 9.17) is 0 Å². The maximum absolute atomic E-state index is 12.4. The van der Waals surface area contributed by atoms with Crippen LogP contribution < -0.4 is 5.32 Å². The molecule has 0 saturated carbocycles. The molecule has 7 heteroatoms. The highest BCUT2D eigenvalue weighted by Crippen LogP contribution is 2.22. The summed E-state index contributed by atoms with van der Waals surface area (Å²) >= 11 is 0. The van der Waals surface area contributed by atoms with Gasteiger partial charge in [-0.3, -0.25) is 4.79 Å². The Morgan fingerprint density at radius 1 is 1.47 bits per heavy atom. The fourth-order valence-corrected chi connectivity index (χ4v) is 0.613. The number of aliphatic hydroxyl groups is 1. The fraction of sp³-hybridized carbons (Fsp3) is 0.875. The normalized spacial score (nSPS) is 16.3. The second kappa shape index (κ2) is 4.78. The molecule has 0 aromatic carbocycles. The second-order valence-electron chi connectivity index (χ2n) is 3.46. The molecule has 0 aromatic heterocycles. The number of amides is 1. The first-order chi connectivity index (χ1) is 6.63. The van der Waals surface area contributed by atoms with E-state index in [2.05, 4.69) is 0 Å². The average molecular weight is 231 g/mol. The lowest BCUT2D eigenvalue weighted by Crippen LogP contribution is -2.49. The van der Waals surface area contributed by atoms with Crippen molar-refractivity contribution in [3.05, 3.63) is 0 Å². The number of hydrogen-bond donors (Lipinski definition) is 2. The topological polar surface area (TPSA) is 49.3 Å². The number of halogens is 4. The van der Waals surface area contributed by atoms with E-state index in [9.17, 15) is 27.5 Å². The van der Waals surface area contributed by atoms with Crippen molar-refractivity contribution in [1.82, 2.24) is 5.32 Å². The molecule has 0 bridgehead atoms. The molecule has 0 aliphatic heterocycles. The Balaban J connectivity index is 4.28. The van der Waals surface area contributed by atoms with Gasteiger partial charge in [0.2, 0.25) is 0 Å². The third-order valence-corrected chi connectivity index (χ3v) is 1.97. The summed E-state index contributed by atoms with van der Waals surface area (Å²) in [6.07, 6.45) is -3.85. The first-order valence-corrected chi connectivity index (χ1v) is 4.30. The van der Waals surface area contributed by atoms with E-state index in [-0.39, 0.29) is 6.42 Å². The van der Waals surface area contributed by atoms with Gasteiger partial charge < -0.3 is 10.4 Å². The summed E-state index contributed by atoms with van der Waals surface area (Å²) in [6, 6.07) is 0. The van der Waals surface area contributed by atoms with E-state index in [1.54, 1.807) is 12.2 Å². The minimum atomic E-state index is -4.72. The number of carbonyl (C=O) groups excluding carboxylic acids is 1. The molecule has 0 fully saturated rings. The van der Waals surface area contributed by atoms with Crippen molar-refractivity contribution in [1.29, 1.82) is 0 Å². The molecule has 0 heterocycles. The third kappa shape index (κ3) is 4.03. The zero-order valence-corrected chi connectivity index (χ0v) is 8.36. The molecule has 15 heavy (non-hydrogen) atoms. The highest BCUT2D eigenvalue weighted by atomic mass is 19.3. The monoisotopic (exact) mass is 231 g/mol. The first kappa shape index (κ1) is 14.2. The Bertz CT molecular complexity index is 231. The van der Waals surface area contributed by atoms with Crippen LogP contribution >= 0.6 is 0 Å². The molecule has 1 atom stereocenters. The molecule has 3 nitrogen and oxygen atoms in total. The van der Waals surface area contributed by atoms with Crippen LogP contribution in [-0.4, -0.2) is 35.5 Å². The maximum Gasteiger partial charge on any atom is 0.383 e. The van der Waals surface area contributed by atoms with Crippen molar-refractivity contribution in [2.45, 2.75) is 38.2 Å². The molecule has 0 aliphatic rings. The number of alkyl halides is 4. The highest BCUT2D eigenvalue weighted by molar-refractivity contribution is 5.83. The van der Waals surface area contributed by atoms with E-state index in [0.717, 1.165) is 0 Å². The molecule has 0 aromatic rings. The van der Waals surface area contributed by atoms with Gasteiger partial charge in [-0.2, -0.15) is 8.78 Å². The smallest absolute Gasteiger partial charge is 0.383 e. The van der Waals surface area contributed by atoms with Crippen LogP contribution in [0, 0.1) is 0 Å². The fourth-order valence-electron chi connectivity index (χ4n) is 0.613. The zero-order valence-electron chi connectivity index (χ0n) is 8.36. The predicted molar refractivity (Wildman–Crippen MR) is 44.9 cm³/mol. The zero-order chi connectivity index (χ0) is 12.3. The van der Waals surface area contributed by atoms with Gasteiger partial charge in [-0.1, -0.05) is 6.92 Å². The maximum atomic E-state index is 12.4. The molecule has 90 valence electrons. The summed E-state index contributed by atoms with van der Waals surface area (Å²) in [7, 11) is 0. The number of carbonyl (C=O) groups is 1. The lowest BCUT2D eigenvalue weighted by molar-refractivity contribution is -0.170. The Hall–Kier alpha value is -0.850. The molecular formula is C8H13F4NO2. The summed E-state index contributed by atoms with van der Waals surface area (Å²) in [5.41, 5.74) is -1.38. The molecule has 0 spiro atoms. The van der Waals surface area contributed by atoms with Crippen LogP contribution in [0.1, 0.15) is 20.3 Å². The molecular weight excluding hydrogens is 218 g/mol. The standard InChI is InChI=1S/C8H13F4NO2/c1-3-7(2,15)4-13-6(14)8(11,12)5(9)10/h5,15H,3-4H2,1-2H3,(H,13,14). The Kier molecular flexibility index (Phi) is 4.51. The summed E-state index contributed by atoms with van der Waals surface area (Å²) in [5, 5.41) is 10.9. The van der Waals surface area contributed by atoms with Crippen molar-refractivity contribution in [3.63, 3.8) is 0 Å². The van der Waals surface area contributed by atoms with Gasteiger partial charge in [0.05, 0.1) is 5.60 Å². The van der Waals surface area contributed by atoms with Crippen LogP contribution in [-0.2, 0) is 4.79 Å². The molecule has 0 saturated heterocycles. The quantitative estimate of drug-likeness (QED) is 0.698. The van der Waals surface area contributed by atoms with Gasteiger partial charge >= 0.3 is 12.3 Å². The molecule has 0 aliphatic carbocycles. The van der Waals surface area contributed by atoms with Gasteiger partial charge in [0, 0.05) is 6.54 Å². The summed E-state index contributed by atoms with van der Waals surface area (Å²) in [5.74, 6) is -6.80. The second-order valence-corrected chi connectivity index (χ2v) is 3.46. The van der Waals surface area contributed by atoms with Crippen LogP contribution in [0.15, 0.2) is 0 Å². The molecule has 1 amide bonds. The van der Waals surface area contributed by atoms with E-state index in [1.165, 1.54) is 6.92 Å².